The number of benzene rings is 2. The number of nitrogens with zero attached hydrogens (tertiary/aromatic N) is 5. The van der Waals surface area contributed by atoms with E-state index in [0.29, 0.717) is 99.6 Å². The first-order valence-electron chi connectivity index (χ1n) is 20.2. The van der Waals surface area contributed by atoms with Gasteiger partial charge in [0.2, 0.25) is 5.91 Å². The molecule has 5 atom stereocenters. The highest BCUT2D eigenvalue weighted by Gasteiger charge is 2.66. The molecule has 0 radical (unpaired) electrons. The molecule has 16 heteroatoms. The molecule has 0 bridgehead atoms. The Morgan fingerprint density at radius 2 is 1.84 bits per heavy atom. The highest BCUT2D eigenvalue weighted by Crippen LogP contribution is 2.60. The molecule has 1 saturated heterocycles. The van der Waals surface area contributed by atoms with E-state index in [2.05, 4.69) is 15.6 Å². The summed E-state index contributed by atoms with van der Waals surface area (Å²) in [5.41, 5.74) is 2.44. The van der Waals surface area contributed by atoms with Crippen LogP contribution in [0.4, 0.5) is 17.1 Å². The van der Waals surface area contributed by atoms with Crippen molar-refractivity contribution >= 4 is 43.2 Å². The van der Waals surface area contributed by atoms with Crippen LogP contribution in [0.1, 0.15) is 69.2 Å². The fourth-order valence-electron chi connectivity index (χ4n) is 8.99. The lowest BCUT2D eigenvalue weighted by atomic mass is 9.82. The molecule has 0 saturated carbocycles. The van der Waals surface area contributed by atoms with E-state index in [4.69, 9.17) is 14.2 Å². The van der Waals surface area contributed by atoms with Gasteiger partial charge in [-0.15, -0.1) is 5.10 Å². The number of esters is 1. The van der Waals surface area contributed by atoms with Crippen LogP contribution in [0.2, 0.25) is 18.6 Å². The van der Waals surface area contributed by atoms with Crippen LogP contribution < -0.4 is 19.9 Å². The van der Waals surface area contributed by atoms with Gasteiger partial charge in [0.15, 0.2) is 13.9 Å². The number of rotatable bonds is 19. The second-order valence-electron chi connectivity index (χ2n) is 15.8. The zero-order valence-corrected chi connectivity index (χ0v) is 34.8. The lowest BCUT2D eigenvalue weighted by Crippen LogP contribution is -2.49. The average Bonchev–Trinajstić information content (AvgIpc) is 3.83. The molecule has 15 nitrogen and oxygen atoms in total. The average molecular weight is 807 g/mol. The summed E-state index contributed by atoms with van der Waals surface area (Å²) in [6, 6.07) is 10.9. The van der Waals surface area contributed by atoms with Gasteiger partial charge in [0, 0.05) is 68.1 Å². The minimum absolute atomic E-state index is 0.0374. The van der Waals surface area contributed by atoms with Crippen molar-refractivity contribution in [1.29, 1.82) is 0 Å². The molecular formula is C41H58N6O9Si. The summed E-state index contributed by atoms with van der Waals surface area (Å²) in [6.07, 6.45) is 5.25. The summed E-state index contributed by atoms with van der Waals surface area (Å²) in [6.45, 7) is 9.55. The van der Waals surface area contributed by atoms with Gasteiger partial charge >= 0.3 is 5.97 Å². The highest BCUT2D eigenvalue weighted by molar-refractivity contribution is 6.71. The number of ether oxygens (including phenoxy) is 3. The van der Waals surface area contributed by atoms with Crippen molar-refractivity contribution in [2.24, 2.45) is 5.92 Å². The standard InChI is InChI=1S/C41H58N6O9Si/c1-6-55-31-13-15-34-28(23-31)24-33(42-18-8-10-21-48)39(51)47(34)30-12-14-35-32(25-30)41(40(52)46(35)19-9-7-11-37(50)54-3)27(2)38(57(4,5)53)36(56-41)16-20-45-26-29(17-22-49)43-44-45/h12-15,23,25-27,33,36,38,42,48-49,53H,6-11,16-22,24H2,1-5H3/t27-,33?,36+,38-,41+/m1/s1. The largest absolute Gasteiger partial charge is 0.494 e. The number of hydrogen-bond acceptors (Lipinski definition) is 12. The maximum Gasteiger partial charge on any atom is 0.305 e. The molecule has 4 N–H and O–H groups in total. The monoisotopic (exact) mass is 806 g/mol. The van der Waals surface area contributed by atoms with Crippen LogP contribution in [-0.4, -0.2) is 108 Å². The number of aromatic nitrogens is 3. The Kier molecular flexibility index (Phi) is 13.5. The van der Waals surface area contributed by atoms with Gasteiger partial charge in [-0.25, -0.2) is 0 Å². The van der Waals surface area contributed by atoms with E-state index in [0.717, 1.165) is 11.3 Å². The molecule has 310 valence electrons. The van der Waals surface area contributed by atoms with Gasteiger partial charge in [0.25, 0.3) is 5.91 Å². The quantitative estimate of drug-likeness (QED) is 0.0782. The number of unbranched alkanes of at least 4 members (excludes halogenated alkanes) is 2. The summed E-state index contributed by atoms with van der Waals surface area (Å²) in [5, 5.41) is 30.5. The molecule has 1 fully saturated rings. The number of hydrogen-bond donors (Lipinski definition) is 4. The van der Waals surface area contributed by atoms with Crippen LogP contribution in [0.3, 0.4) is 0 Å². The lowest BCUT2D eigenvalue weighted by Gasteiger charge is -2.36. The van der Waals surface area contributed by atoms with Crippen molar-refractivity contribution in [3.63, 3.8) is 0 Å². The molecule has 1 spiro atoms. The smallest absolute Gasteiger partial charge is 0.305 e. The molecule has 6 rings (SSSR count). The Balaban J connectivity index is 1.41. The number of nitrogens with one attached hydrogen (secondary N) is 1. The van der Waals surface area contributed by atoms with Gasteiger partial charge in [0.05, 0.1) is 42.9 Å². The number of anilines is 3. The summed E-state index contributed by atoms with van der Waals surface area (Å²) in [7, 11) is -1.62. The van der Waals surface area contributed by atoms with Gasteiger partial charge in [0.1, 0.15) is 5.75 Å². The van der Waals surface area contributed by atoms with Crippen molar-refractivity contribution in [2.45, 2.75) is 108 Å². The molecule has 2 amide bonds. The Bertz CT molecular complexity index is 1900. The topological polar surface area (TPSA) is 189 Å². The Hall–Kier alpha value is -4.19. The highest BCUT2D eigenvalue weighted by atomic mass is 28.4. The third kappa shape index (κ3) is 8.66. The third-order valence-electron chi connectivity index (χ3n) is 11.6. The van der Waals surface area contributed by atoms with Crippen molar-refractivity contribution in [1.82, 2.24) is 20.3 Å². The molecule has 3 aliphatic heterocycles. The fourth-order valence-corrected chi connectivity index (χ4v) is 11.6. The molecule has 0 aliphatic carbocycles. The number of aliphatic hydroxyl groups is 2. The molecule has 3 aromatic rings. The number of fused-ring (bicyclic) bond motifs is 3. The Morgan fingerprint density at radius 3 is 2.56 bits per heavy atom. The van der Waals surface area contributed by atoms with E-state index in [1.165, 1.54) is 7.11 Å². The Labute approximate surface area is 335 Å². The van der Waals surface area contributed by atoms with E-state index in [1.807, 2.05) is 63.3 Å². The van der Waals surface area contributed by atoms with Crippen LogP contribution in [-0.2, 0) is 48.8 Å². The molecule has 3 aliphatic rings. The van der Waals surface area contributed by atoms with Crippen LogP contribution in [0.5, 0.6) is 5.75 Å². The first kappa shape index (κ1) is 42.4. The molecule has 4 heterocycles. The molecule has 2 aromatic carbocycles. The molecule has 57 heavy (non-hydrogen) atoms. The number of aryl methyl sites for hydroxylation is 1. The van der Waals surface area contributed by atoms with Gasteiger partial charge in [-0.1, -0.05) is 12.1 Å². The van der Waals surface area contributed by atoms with Gasteiger partial charge in [-0.05, 0) is 107 Å². The third-order valence-corrected chi connectivity index (χ3v) is 14.1. The summed E-state index contributed by atoms with van der Waals surface area (Å²) in [4.78, 5) is 56.8. The minimum atomic E-state index is -2.98. The van der Waals surface area contributed by atoms with Gasteiger partial charge in [-0.2, -0.15) is 0 Å². The van der Waals surface area contributed by atoms with Crippen molar-refractivity contribution in [3.05, 3.63) is 59.4 Å². The zero-order chi connectivity index (χ0) is 40.9. The second-order valence-corrected chi connectivity index (χ2v) is 19.8. The first-order chi connectivity index (χ1) is 27.4. The number of amides is 2. The zero-order valence-electron chi connectivity index (χ0n) is 33.8. The summed E-state index contributed by atoms with van der Waals surface area (Å²) >= 11 is 0. The number of carbonyl (C=O) groups is 3. The fraction of sp³-hybridized carbons (Fsp3) is 0.585. The van der Waals surface area contributed by atoms with Crippen molar-refractivity contribution < 1.29 is 43.6 Å². The number of carbonyl (C=O) groups excluding carboxylic acids is 3. The summed E-state index contributed by atoms with van der Waals surface area (Å²) in [5.74, 6) is -0.401. The van der Waals surface area contributed by atoms with Gasteiger partial charge < -0.3 is 39.4 Å². The predicted molar refractivity (Wildman–Crippen MR) is 216 cm³/mol. The first-order valence-corrected chi connectivity index (χ1v) is 23.3. The van der Waals surface area contributed by atoms with Crippen molar-refractivity contribution in [2.75, 3.05) is 49.8 Å². The number of methoxy groups -OCH3 is 1. The van der Waals surface area contributed by atoms with Crippen molar-refractivity contribution in [3.8, 4) is 5.75 Å². The van der Waals surface area contributed by atoms with E-state index in [9.17, 15) is 24.6 Å². The Morgan fingerprint density at radius 1 is 1.05 bits per heavy atom. The van der Waals surface area contributed by atoms with Crippen LogP contribution >= 0.6 is 0 Å². The van der Waals surface area contributed by atoms with E-state index in [1.54, 1.807) is 20.7 Å². The second kappa shape index (κ2) is 18.2. The lowest BCUT2D eigenvalue weighted by molar-refractivity contribution is -0.146. The van der Waals surface area contributed by atoms with Crippen LogP contribution in [0.25, 0.3) is 0 Å². The predicted octanol–water partition coefficient (Wildman–Crippen LogP) is 3.74. The molecular weight excluding hydrogens is 749 g/mol. The number of aliphatic hydroxyl groups excluding tert-OH is 2. The van der Waals surface area contributed by atoms with Gasteiger partial charge in [-0.3, -0.25) is 24.0 Å². The molecule has 1 aromatic heterocycles. The maximum absolute atomic E-state index is 15.1. The maximum atomic E-state index is 15.1. The van der Waals surface area contributed by atoms with E-state index >= 15 is 4.79 Å². The van der Waals surface area contributed by atoms with Crippen LogP contribution in [0, 0.1) is 5.92 Å². The van der Waals surface area contributed by atoms with Crippen LogP contribution in [0.15, 0.2) is 42.6 Å². The van der Waals surface area contributed by atoms with E-state index in [-0.39, 0.29) is 43.0 Å². The SMILES string of the molecule is CCOc1ccc2c(c1)CC(NCCCCO)C(=O)N2c1ccc2c(c1)[C@]1(O[C@@H](CCn3cc(CCO)nn3)[C@H]([Si](C)(C)O)[C@H]1C)C(=O)N2CCCCC(=O)OC. The van der Waals surface area contributed by atoms with E-state index < -0.39 is 32.0 Å². The molecule has 1 unspecified atom stereocenters. The normalized spacial score (nSPS) is 23.0. The minimum Gasteiger partial charge on any atom is -0.494 e. The summed E-state index contributed by atoms with van der Waals surface area (Å²) < 4.78 is 19.5.